The van der Waals surface area contributed by atoms with Gasteiger partial charge in [0, 0.05) is 18.7 Å². The number of nitrogens with zero attached hydrogens (tertiary/aromatic N) is 1. The van der Waals surface area contributed by atoms with Gasteiger partial charge in [-0.25, -0.2) is 0 Å². The lowest BCUT2D eigenvalue weighted by Crippen LogP contribution is -2.28. The second kappa shape index (κ2) is 5.52. The number of halogens is 3. The van der Waals surface area contributed by atoms with Crippen molar-refractivity contribution in [1.82, 2.24) is 4.90 Å². The lowest BCUT2D eigenvalue weighted by Gasteiger charge is -2.15. The first kappa shape index (κ1) is 13.1. The van der Waals surface area contributed by atoms with Crippen molar-refractivity contribution >= 4 is 17.5 Å². The van der Waals surface area contributed by atoms with Crippen molar-refractivity contribution in [3.8, 4) is 5.75 Å². The number of alkyl halides is 3. The van der Waals surface area contributed by atoms with Crippen molar-refractivity contribution in [3.05, 3.63) is 29.8 Å². The lowest BCUT2D eigenvalue weighted by atomic mass is 10.2. The summed E-state index contributed by atoms with van der Waals surface area (Å²) in [6.07, 6.45) is 0.778. The van der Waals surface area contributed by atoms with Gasteiger partial charge in [0.25, 0.3) is 5.91 Å². The third kappa shape index (κ3) is 3.10. The molecule has 1 atom stereocenters. The van der Waals surface area contributed by atoms with Crippen LogP contribution in [0.1, 0.15) is 16.8 Å². The standard InChI is InChI=1S/C12H12ClF2NO2/c13-9-5-6-16(7-9)11(17)8-1-3-10(4-2-8)18-12(14)15/h1-4,9,12H,5-7H2. The summed E-state index contributed by atoms with van der Waals surface area (Å²) >= 11 is 5.92. The highest BCUT2D eigenvalue weighted by atomic mass is 35.5. The van der Waals surface area contributed by atoms with Gasteiger partial charge in [0.2, 0.25) is 0 Å². The summed E-state index contributed by atoms with van der Waals surface area (Å²) in [4.78, 5) is 13.7. The zero-order valence-corrected chi connectivity index (χ0v) is 10.2. The number of hydrogen-bond donors (Lipinski definition) is 0. The average Bonchev–Trinajstić information content (AvgIpc) is 2.75. The minimum absolute atomic E-state index is 0.00427. The molecule has 98 valence electrons. The van der Waals surface area contributed by atoms with Crippen molar-refractivity contribution in [2.45, 2.75) is 18.4 Å². The van der Waals surface area contributed by atoms with E-state index >= 15 is 0 Å². The van der Waals surface area contributed by atoms with E-state index in [9.17, 15) is 13.6 Å². The van der Waals surface area contributed by atoms with E-state index in [1.165, 1.54) is 24.3 Å². The number of ether oxygens (including phenoxy) is 1. The van der Waals surface area contributed by atoms with Crippen molar-refractivity contribution in [1.29, 1.82) is 0 Å². The summed E-state index contributed by atoms with van der Waals surface area (Å²) in [6.45, 7) is -1.71. The van der Waals surface area contributed by atoms with E-state index in [-0.39, 0.29) is 17.0 Å². The van der Waals surface area contributed by atoms with Crippen LogP contribution in [0.4, 0.5) is 8.78 Å². The third-order valence-electron chi connectivity index (χ3n) is 2.74. The summed E-state index contributed by atoms with van der Waals surface area (Å²) in [5.74, 6) is -0.0973. The van der Waals surface area contributed by atoms with Crippen molar-refractivity contribution < 1.29 is 18.3 Å². The first-order valence-corrected chi connectivity index (χ1v) is 5.98. The van der Waals surface area contributed by atoms with Gasteiger partial charge in [-0.1, -0.05) is 0 Å². The number of benzene rings is 1. The molecular weight excluding hydrogens is 264 g/mol. The maximum atomic E-state index is 12.0. The van der Waals surface area contributed by atoms with Crippen LogP contribution in [0.15, 0.2) is 24.3 Å². The van der Waals surface area contributed by atoms with Gasteiger partial charge in [-0.2, -0.15) is 8.78 Å². The number of amides is 1. The molecule has 0 aromatic heterocycles. The molecule has 1 heterocycles. The monoisotopic (exact) mass is 275 g/mol. The topological polar surface area (TPSA) is 29.5 Å². The van der Waals surface area contributed by atoms with Gasteiger partial charge >= 0.3 is 6.61 Å². The zero-order valence-electron chi connectivity index (χ0n) is 9.48. The van der Waals surface area contributed by atoms with Crippen LogP contribution < -0.4 is 4.74 Å². The van der Waals surface area contributed by atoms with E-state index in [4.69, 9.17) is 11.6 Å². The van der Waals surface area contributed by atoms with Crippen molar-refractivity contribution in [3.63, 3.8) is 0 Å². The molecule has 6 heteroatoms. The fourth-order valence-corrected chi connectivity index (χ4v) is 2.13. The Kier molecular flexibility index (Phi) is 4.01. The summed E-state index contributed by atoms with van der Waals surface area (Å²) in [5.41, 5.74) is 0.447. The number of carbonyl (C=O) groups excluding carboxylic acids is 1. The van der Waals surface area contributed by atoms with Crippen LogP contribution in [0, 0.1) is 0 Å². The maximum Gasteiger partial charge on any atom is 0.387 e. The van der Waals surface area contributed by atoms with E-state index in [1.54, 1.807) is 4.90 Å². The van der Waals surface area contributed by atoms with Crippen LogP contribution in [0.5, 0.6) is 5.75 Å². The molecule has 0 bridgehead atoms. The Morgan fingerprint density at radius 2 is 2.06 bits per heavy atom. The summed E-state index contributed by atoms with van der Waals surface area (Å²) in [6, 6.07) is 5.66. The molecule has 1 aliphatic heterocycles. The minimum Gasteiger partial charge on any atom is -0.435 e. The van der Waals surface area contributed by atoms with E-state index in [2.05, 4.69) is 4.74 Å². The SMILES string of the molecule is O=C(c1ccc(OC(F)F)cc1)N1CCC(Cl)C1. The smallest absolute Gasteiger partial charge is 0.387 e. The molecule has 1 aromatic carbocycles. The summed E-state index contributed by atoms with van der Waals surface area (Å²) < 4.78 is 28.1. The third-order valence-corrected chi connectivity index (χ3v) is 3.10. The Bertz CT molecular complexity index is 425. The fraction of sp³-hybridized carbons (Fsp3) is 0.417. The first-order valence-electron chi connectivity index (χ1n) is 5.54. The predicted molar refractivity (Wildman–Crippen MR) is 63.2 cm³/mol. The van der Waals surface area contributed by atoms with E-state index in [0.29, 0.717) is 18.7 Å². The number of carbonyl (C=O) groups is 1. The largest absolute Gasteiger partial charge is 0.435 e. The number of hydrogen-bond acceptors (Lipinski definition) is 2. The second-order valence-electron chi connectivity index (χ2n) is 4.04. The molecule has 0 radical (unpaired) electrons. The quantitative estimate of drug-likeness (QED) is 0.794. The van der Waals surface area contributed by atoms with Gasteiger partial charge < -0.3 is 9.64 Å². The van der Waals surface area contributed by atoms with Gasteiger partial charge in [0.05, 0.1) is 5.38 Å². The van der Waals surface area contributed by atoms with Gasteiger partial charge in [0.15, 0.2) is 0 Å². The summed E-state index contributed by atoms with van der Waals surface area (Å²) in [7, 11) is 0. The molecule has 2 rings (SSSR count). The molecular formula is C12H12ClF2NO2. The molecule has 1 saturated heterocycles. The normalized spacial score (nSPS) is 19.3. The van der Waals surface area contributed by atoms with Crippen LogP contribution in [0.25, 0.3) is 0 Å². The van der Waals surface area contributed by atoms with Crippen molar-refractivity contribution in [2.75, 3.05) is 13.1 Å². The molecule has 1 unspecified atom stereocenters. The maximum absolute atomic E-state index is 12.0. The van der Waals surface area contributed by atoms with Crippen LogP contribution in [-0.2, 0) is 0 Å². The van der Waals surface area contributed by atoms with Crippen LogP contribution >= 0.6 is 11.6 Å². The van der Waals surface area contributed by atoms with Crippen LogP contribution in [0.3, 0.4) is 0 Å². The molecule has 1 aromatic rings. The Morgan fingerprint density at radius 1 is 1.39 bits per heavy atom. The number of likely N-dealkylation sites (tertiary alicyclic amines) is 1. The molecule has 1 fully saturated rings. The predicted octanol–water partition coefficient (Wildman–Crippen LogP) is 2.74. The highest BCUT2D eigenvalue weighted by molar-refractivity contribution is 6.21. The molecule has 0 spiro atoms. The molecule has 18 heavy (non-hydrogen) atoms. The van der Waals surface area contributed by atoms with E-state index < -0.39 is 6.61 Å². The lowest BCUT2D eigenvalue weighted by molar-refractivity contribution is -0.0498. The molecule has 0 aliphatic carbocycles. The van der Waals surface area contributed by atoms with Crippen molar-refractivity contribution in [2.24, 2.45) is 0 Å². The van der Waals surface area contributed by atoms with Gasteiger partial charge in [-0.3, -0.25) is 4.79 Å². The molecule has 0 saturated carbocycles. The Hall–Kier alpha value is -1.36. The van der Waals surface area contributed by atoms with E-state index in [1.807, 2.05) is 0 Å². The van der Waals surface area contributed by atoms with Crippen LogP contribution in [0.2, 0.25) is 0 Å². The molecule has 1 amide bonds. The van der Waals surface area contributed by atoms with Gasteiger partial charge in [0.1, 0.15) is 5.75 Å². The Balaban J connectivity index is 2.03. The second-order valence-corrected chi connectivity index (χ2v) is 4.66. The minimum atomic E-state index is -2.86. The van der Waals surface area contributed by atoms with E-state index in [0.717, 1.165) is 6.42 Å². The molecule has 0 N–H and O–H groups in total. The molecule has 3 nitrogen and oxygen atoms in total. The Labute approximate surface area is 108 Å². The molecule has 1 aliphatic rings. The van der Waals surface area contributed by atoms with Gasteiger partial charge in [-0.15, -0.1) is 11.6 Å². The van der Waals surface area contributed by atoms with Crippen LogP contribution in [-0.4, -0.2) is 35.9 Å². The highest BCUT2D eigenvalue weighted by Crippen LogP contribution is 2.20. The fourth-order valence-electron chi connectivity index (χ4n) is 1.86. The van der Waals surface area contributed by atoms with Gasteiger partial charge in [-0.05, 0) is 30.7 Å². The Morgan fingerprint density at radius 3 is 2.56 bits per heavy atom. The first-order chi connectivity index (χ1) is 8.56. The average molecular weight is 276 g/mol. The number of rotatable bonds is 3. The highest BCUT2D eigenvalue weighted by Gasteiger charge is 2.25. The zero-order chi connectivity index (χ0) is 13.1. The summed E-state index contributed by atoms with van der Waals surface area (Å²) in [5, 5.41) is -0.00427.